The third-order valence-corrected chi connectivity index (χ3v) is 5.45. The molecule has 0 radical (unpaired) electrons. The zero-order valence-corrected chi connectivity index (χ0v) is 16.4. The first kappa shape index (κ1) is 18.2. The van der Waals surface area contributed by atoms with E-state index >= 15 is 0 Å². The van der Waals surface area contributed by atoms with Crippen molar-refractivity contribution in [3.63, 3.8) is 0 Å². The van der Waals surface area contributed by atoms with Gasteiger partial charge in [0.2, 0.25) is 0 Å². The summed E-state index contributed by atoms with van der Waals surface area (Å²) >= 11 is 0. The zero-order chi connectivity index (χ0) is 20.8. The van der Waals surface area contributed by atoms with Crippen molar-refractivity contribution in [1.82, 2.24) is 0 Å². The number of fused-ring (bicyclic) bond motifs is 2. The summed E-state index contributed by atoms with van der Waals surface area (Å²) in [7, 11) is 0. The lowest BCUT2D eigenvalue weighted by Crippen LogP contribution is -2.11. The van der Waals surface area contributed by atoms with E-state index in [1.807, 2.05) is 48.5 Å². The molecular weight excluding hydrogens is 378 g/mol. The summed E-state index contributed by atoms with van der Waals surface area (Å²) in [6, 6.07) is 18.3. The number of hydrogen-bond donors (Lipinski definition) is 1. The van der Waals surface area contributed by atoms with Crippen LogP contribution in [0.3, 0.4) is 0 Å². The number of nitrogen functional groups attached to an aromatic ring is 1. The van der Waals surface area contributed by atoms with Crippen LogP contribution >= 0.6 is 0 Å². The Morgan fingerprint density at radius 3 is 1.97 bits per heavy atom. The normalized spacial score (nSPS) is 14.4. The Hall–Kier alpha value is -3.86. The lowest BCUT2D eigenvalue weighted by Gasteiger charge is -2.07. The molecule has 5 nitrogen and oxygen atoms in total. The molecule has 0 aromatic heterocycles. The molecule has 2 N–H and O–H groups in total. The van der Waals surface area contributed by atoms with Gasteiger partial charge in [0.1, 0.15) is 11.5 Å². The van der Waals surface area contributed by atoms with Crippen LogP contribution in [0.1, 0.15) is 30.0 Å². The van der Waals surface area contributed by atoms with Crippen LogP contribution in [0.25, 0.3) is 11.1 Å². The molecular formula is C25H19NO4. The van der Waals surface area contributed by atoms with Crippen molar-refractivity contribution in [1.29, 1.82) is 0 Å². The number of benzene rings is 3. The molecule has 148 valence electrons. The molecule has 0 spiro atoms. The van der Waals surface area contributed by atoms with E-state index in [0.29, 0.717) is 38.8 Å². The van der Waals surface area contributed by atoms with Crippen LogP contribution < -0.4 is 25.6 Å². The van der Waals surface area contributed by atoms with Crippen molar-refractivity contribution in [3.8, 4) is 11.5 Å². The summed E-state index contributed by atoms with van der Waals surface area (Å²) in [4.78, 5) is 25.3. The number of aryl methyl sites for hydroxylation is 1. The molecule has 0 saturated heterocycles. The number of anilines is 1. The molecule has 0 fully saturated rings. The van der Waals surface area contributed by atoms with Gasteiger partial charge in [-0.25, -0.2) is 9.59 Å². The van der Waals surface area contributed by atoms with Crippen molar-refractivity contribution in [2.45, 2.75) is 19.8 Å². The van der Waals surface area contributed by atoms with E-state index in [-0.39, 0.29) is 0 Å². The molecule has 2 aliphatic rings. The number of carbonyl (C=O) groups excluding carboxylic acids is 2. The second kappa shape index (κ2) is 6.88. The van der Waals surface area contributed by atoms with Crippen LogP contribution in [0.2, 0.25) is 0 Å². The summed E-state index contributed by atoms with van der Waals surface area (Å²) in [5.74, 6) is 0.0194. The van der Waals surface area contributed by atoms with Gasteiger partial charge in [-0.05, 0) is 47.4 Å². The van der Waals surface area contributed by atoms with Crippen LogP contribution in [0.5, 0.6) is 11.5 Å². The maximum Gasteiger partial charge on any atom is 0.344 e. The number of hydrogen-bond acceptors (Lipinski definition) is 5. The van der Waals surface area contributed by atoms with Gasteiger partial charge in [-0.2, -0.15) is 0 Å². The van der Waals surface area contributed by atoms with Crippen molar-refractivity contribution in [2.75, 3.05) is 5.73 Å². The minimum Gasteiger partial charge on any atom is -0.422 e. The molecule has 3 aromatic rings. The van der Waals surface area contributed by atoms with E-state index in [1.165, 1.54) is 0 Å². The lowest BCUT2D eigenvalue weighted by molar-refractivity contribution is -0.128. The first-order valence-electron chi connectivity index (χ1n) is 9.88. The Balaban J connectivity index is 1.74. The fourth-order valence-electron chi connectivity index (χ4n) is 4.04. The Morgan fingerprint density at radius 1 is 0.767 bits per heavy atom. The fraction of sp³-hybridized carbons (Fsp3) is 0.120. The van der Waals surface area contributed by atoms with E-state index in [1.54, 1.807) is 12.1 Å². The maximum atomic E-state index is 12.7. The molecule has 0 atom stereocenters. The average Bonchev–Trinajstić information content (AvgIpc) is 3.23. The quantitative estimate of drug-likeness (QED) is 0.416. The molecule has 0 bridgehead atoms. The van der Waals surface area contributed by atoms with Crippen LogP contribution in [0.15, 0.2) is 60.7 Å². The predicted molar refractivity (Wildman–Crippen MR) is 113 cm³/mol. The van der Waals surface area contributed by atoms with Crippen LogP contribution in [-0.4, -0.2) is 11.9 Å². The van der Waals surface area contributed by atoms with Gasteiger partial charge >= 0.3 is 11.9 Å². The Bertz CT molecular complexity index is 1340. The second-order valence-corrected chi connectivity index (χ2v) is 7.40. The molecule has 2 aliphatic heterocycles. The van der Waals surface area contributed by atoms with Crippen LogP contribution in [-0.2, 0) is 16.0 Å². The molecule has 0 amide bonds. The summed E-state index contributed by atoms with van der Waals surface area (Å²) in [5, 5.41) is 1.25. The summed E-state index contributed by atoms with van der Waals surface area (Å²) in [6.45, 7) is 2.08. The summed E-state index contributed by atoms with van der Waals surface area (Å²) < 4.78 is 11.1. The molecule has 5 heteroatoms. The largest absolute Gasteiger partial charge is 0.422 e. The van der Waals surface area contributed by atoms with Crippen molar-refractivity contribution in [2.24, 2.45) is 0 Å². The van der Waals surface area contributed by atoms with E-state index < -0.39 is 11.9 Å². The van der Waals surface area contributed by atoms with Crippen LogP contribution in [0.4, 0.5) is 5.69 Å². The van der Waals surface area contributed by atoms with Gasteiger partial charge < -0.3 is 15.2 Å². The van der Waals surface area contributed by atoms with E-state index in [4.69, 9.17) is 15.2 Å². The Morgan fingerprint density at radius 2 is 1.37 bits per heavy atom. The SMILES string of the molecule is CCCc1cc(C2=c3cc4c(cc3OC2=O)=C(c2ccccc2)C(=O)O4)ccc1N. The lowest BCUT2D eigenvalue weighted by atomic mass is 9.98. The van der Waals surface area contributed by atoms with Gasteiger partial charge in [0.25, 0.3) is 0 Å². The molecule has 0 aliphatic carbocycles. The highest BCUT2D eigenvalue weighted by atomic mass is 16.5. The van der Waals surface area contributed by atoms with Gasteiger partial charge in [-0.1, -0.05) is 49.7 Å². The highest BCUT2D eigenvalue weighted by Crippen LogP contribution is 2.28. The van der Waals surface area contributed by atoms with Crippen molar-refractivity contribution < 1.29 is 19.1 Å². The van der Waals surface area contributed by atoms with E-state index in [0.717, 1.165) is 29.5 Å². The molecule has 2 heterocycles. The van der Waals surface area contributed by atoms with Gasteiger partial charge in [-0.3, -0.25) is 0 Å². The number of carbonyl (C=O) groups is 2. The van der Waals surface area contributed by atoms with Gasteiger partial charge in [-0.15, -0.1) is 0 Å². The number of esters is 2. The van der Waals surface area contributed by atoms with E-state index in [9.17, 15) is 9.59 Å². The second-order valence-electron chi connectivity index (χ2n) is 7.40. The molecule has 5 rings (SSSR count). The standard InChI is InChI=1S/C25H19NO4/c1-2-6-15-11-16(9-10-19(15)26)23-18-13-20-17(12-21(18)30-25(23)28)22(24(27)29-20)14-7-4-3-5-8-14/h3-5,7-13H,2,6,26H2,1H3. The van der Waals surface area contributed by atoms with Gasteiger partial charge in [0, 0.05) is 16.1 Å². The first-order valence-corrected chi connectivity index (χ1v) is 9.88. The number of ether oxygens (including phenoxy) is 2. The smallest absolute Gasteiger partial charge is 0.344 e. The summed E-state index contributed by atoms with van der Waals surface area (Å²) in [5.41, 5.74) is 10.2. The van der Waals surface area contributed by atoms with Crippen molar-refractivity contribution >= 4 is 28.8 Å². The first-order chi connectivity index (χ1) is 14.6. The third kappa shape index (κ3) is 2.78. The predicted octanol–water partition coefficient (Wildman–Crippen LogP) is 2.46. The minimum atomic E-state index is -0.423. The van der Waals surface area contributed by atoms with Gasteiger partial charge in [0.05, 0.1) is 11.1 Å². The Kier molecular flexibility index (Phi) is 4.17. The molecule has 0 unspecified atom stereocenters. The minimum absolute atomic E-state index is 0.412. The highest BCUT2D eigenvalue weighted by Gasteiger charge is 2.30. The summed E-state index contributed by atoms with van der Waals surface area (Å²) in [6.07, 6.45) is 1.78. The fourth-order valence-corrected chi connectivity index (χ4v) is 4.04. The average molecular weight is 397 g/mol. The molecule has 0 saturated carbocycles. The monoisotopic (exact) mass is 397 g/mol. The van der Waals surface area contributed by atoms with Gasteiger partial charge in [0.15, 0.2) is 0 Å². The molecule has 3 aromatic carbocycles. The van der Waals surface area contributed by atoms with Crippen LogP contribution in [0, 0.1) is 0 Å². The maximum absolute atomic E-state index is 12.7. The number of rotatable bonds is 4. The topological polar surface area (TPSA) is 78.6 Å². The highest BCUT2D eigenvalue weighted by molar-refractivity contribution is 6.21. The Labute approximate surface area is 173 Å². The zero-order valence-electron chi connectivity index (χ0n) is 16.4. The van der Waals surface area contributed by atoms with E-state index in [2.05, 4.69) is 6.92 Å². The van der Waals surface area contributed by atoms with Crippen molar-refractivity contribution in [3.05, 3.63) is 87.8 Å². The third-order valence-electron chi connectivity index (χ3n) is 5.45. The number of nitrogens with two attached hydrogens (primary N) is 1. The molecule has 30 heavy (non-hydrogen) atoms.